The third kappa shape index (κ3) is 2.97. The van der Waals surface area contributed by atoms with E-state index in [0.717, 1.165) is 0 Å². The third-order valence-corrected chi connectivity index (χ3v) is 8.36. The van der Waals surface area contributed by atoms with E-state index in [0.29, 0.717) is 45.8 Å². The molecule has 38 heavy (non-hydrogen) atoms. The Morgan fingerprint density at radius 3 is 2.82 bits per heavy atom. The lowest BCUT2D eigenvalue weighted by Gasteiger charge is -2.33. The number of nitrogens with zero attached hydrogens (tertiary/aromatic N) is 3. The number of hydrogen-bond donors (Lipinski definition) is 1. The van der Waals surface area contributed by atoms with Crippen LogP contribution in [0.1, 0.15) is 25.3 Å². The van der Waals surface area contributed by atoms with Crippen LogP contribution in [0.25, 0.3) is 10.9 Å². The maximum absolute atomic E-state index is 14.0. The zero-order chi connectivity index (χ0) is 26.2. The lowest BCUT2D eigenvalue weighted by Crippen LogP contribution is -2.49. The molecule has 10 heteroatoms. The predicted molar refractivity (Wildman–Crippen MR) is 131 cm³/mol. The van der Waals surface area contributed by atoms with Crippen LogP contribution in [-0.2, 0) is 14.3 Å². The topological polar surface area (TPSA) is 131 Å². The Morgan fingerprint density at radius 2 is 1.97 bits per heavy atom. The summed E-state index contributed by atoms with van der Waals surface area (Å²) in [5.74, 6) is -0.596. The van der Waals surface area contributed by atoms with Crippen molar-refractivity contribution in [1.82, 2.24) is 4.98 Å². The first kappa shape index (κ1) is 23.0. The van der Waals surface area contributed by atoms with Gasteiger partial charge in [0.2, 0.25) is 18.6 Å². The molecule has 2 amide bonds. The number of amides is 2. The first-order chi connectivity index (χ1) is 18.4. The minimum absolute atomic E-state index is 0.159. The number of aliphatic hydroxyl groups excluding tert-OH is 1. The van der Waals surface area contributed by atoms with E-state index in [-0.39, 0.29) is 25.7 Å². The number of carbonyl (C=O) groups excluding carboxylic acids is 2. The standard InChI is InChI=1S/C28H23N3O7/c1-27-21(32)12-28(38-27,8-10-35-16-5-7-19-20(11-16)37-14-36-19)23-22(27)25(33)31(26(23)34)18-6-4-15(13-29)24-17(18)3-2-9-30-24/h2-7,9,11,21-23,32H,8,10,12,14H2,1H3/t21-,22-,23+,27?,28?/m1/s1. The zero-order valence-electron chi connectivity index (χ0n) is 20.4. The highest BCUT2D eigenvalue weighted by atomic mass is 16.7. The zero-order valence-corrected chi connectivity index (χ0v) is 20.4. The van der Waals surface area contributed by atoms with Crippen molar-refractivity contribution in [1.29, 1.82) is 5.26 Å². The number of imide groups is 1. The fraction of sp³-hybridized carbons (Fsp3) is 0.357. The monoisotopic (exact) mass is 513 g/mol. The maximum Gasteiger partial charge on any atom is 0.240 e. The summed E-state index contributed by atoms with van der Waals surface area (Å²) in [6.45, 7) is 2.07. The summed E-state index contributed by atoms with van der Waals surface area (Å²) in [4.78, 5) is 33.3. The molecule has 192 valence electrons. The van der Waals surface area contributed by atoms with Gasteiger partial charge in [-0.05, 0) is 43.3 Å². The molecule has 5 atom stereocenters. The summed E-state index contributed by atoms with van der Waals surface area (Å²) in [7, 11) is 0. The lowest BCUT2D eigenvalue weighted by atomic mass is 9.66. The fourth-order valence-electron chi connectivity index (χ4n) is 6.61. The highest BCUT2D eigenvalue weighted by Gasteiger charge is 2.77. The van der Waals surface area contributed by atoms with Gasteiger partial charge in [-0.3, -0.25) is 14.6 Å². The van der Waals surface area contributed by atoms with Crippen molar-refractivity contribution in [2.24, 2.45) is 11.8 Å². The molecule has 5 heterocycles. The molecule has 3 fully saturated rings. The minimum Gasteiger partial charge on any atom is -0.493 e. The highest BCUT2D eigenvalue weighted by molar-refractivity contribution is 6.26. The molecule has 4 aliphatic rings. The number of ether oxygens (including phenoxy) is 4. The van der Waals surface area contributed by atoms with Crippen molar-refractivity contribution >= 4 is 28.4 Å². The minimum atomic E-state index is -1.20. The SMILES string of the molecule is CC12OC(CCOc3ccc4c(c3)OCO4)(C[C@H]1O)[C@@H]1C(=O)N(c3ccc(C#N)c4ncccc34)C(=O)[C@@H]12. The first-order valence-electron chi connectivity index (χ1n) is 12.4. The fourth-order valence-corrected chi connectivity index (χ4v) is 6.61. The van der Waals surface area contributed by atoms with Gasteiger partial charge in [0.05, 0.1) is 46.9 Å². The Morgan fingerprint density at radius 1 is 1.16 bits per heavy atom. The smallest absolute Gasteiger partial charge is 0.240 e. The van der Waals surface area contributed by atoms with E-state index in [9.17, 15) is 20.0 Å². The van der Waals surface area contributed by atoms with Crippen molar-refractivity contribution in [2.75, 3.05) is 18.3 Å². The summed E-state index contributed by atoms with van der Waals surface area (Å²) in [5.41, 5.74) is -1.11. The molecule has 0 radical (unpaired) electrons. The molecule has 10 nitrogen and oxygen atoms in total. The number of anilines is 1. The van der Waals surface area contributed by atoms with Gasteiger partial charge < -0.3 is 24.1 Å². The number of aliphatic hydroxyl groups is 1. The van der Waals surface area contributed by atoms with Crippen molar-refractivity contribution < 1.29 is 33.6 Å². The second kappa shape index (κ2) is 7.90. The molecule has 1 aromatic heterocycles. The number of hydrogen-bond acceptors (Lipinski definition) is 9. The molecular formula is C28H23N3O7. The average molecular weight is 514 g/mol. The van der Waals surface area contributed by atoms with Crippen LogP contribution in [-0.4, -0.2) is 52.6 Å². The summed E-state index contributed by atoms with van der Waals surface area (Å²) >= 11 is 0. The molecule has 2 aromatic carbocycles. The predicted octanol–water partition coefficient (Wildman–Crippen LogP) is 2.70. The van der Waals surface area contributed by atoms with Gasteiger partial charge in [-0.25, -0.2) is 4.90 Å². The van der Waals surface area contributed by atoms with Crippen LogP contribution in [0.4, 0.5) is 5.69 Å². The molecule has 0 aliphatic carbocycles. The van der Waals surface area contributed by atoms with Gasteiger partial charge in [-0.2, -0.15) is 5.26 Å². The van der Waals surface area contributed by atoms with Crippen molar-refractivity contribution in [3.05, 3.63) is 54.2 Å². The quantitative estimate of drug-likeness (QED) is 0.512. The number of benzene rings is 2. The molecule has 7 rings (SSSR count). The van der Waals surface area contributed by atoms with Crippen LogP contribution in [0.5, 0.6) is 17.2 Å². The number of rotatable bonds is 5. The normalized spacial score (nSPS) is 30.7. The van der Waals surface area contributed by atoms with Gasteiger partial charge in [-0.1, -0.05) is 0 Å². The summed E-state index contributed by atoms with van der Waals surface area (Å²) in [5, 5.41) is 21.0. The van der Waals surface area contributed by atoms with Crippen LogP contribution in [0, 0.1) is 23.2 Å². The van der Waals surface area contributed by atoms with Crippen LogP contribution in [0.2, 0.25) is 0 Å². The molecule has 4 aliphatic heterocycles. The Labute approximate surface area is 217 Å². The Kier molecular flexibility index (Phi) is 4.77. The van der Waals surface area contributed by atoms with Crippen molar-refractivity contribution in [2.45, 2.75) is 37.1 Å². The second-order valence-electron chi connectivity index (χ2n) is 10.3. The summed E-state index contributed by atoms with van der Waals surface area (Å²) in [6.07, 6.45) is 1.18. The van der Waals surface area contributed by atoms with Gasteiger partial charge in [0.15, 0.2) is 11.5 Å². The Hall–Kier alpha value is -4.20. The van der Waals surface area contributed by atoms with E-state index < -0.39 is 35.0 Å². The van der Waals surface area contributed by atoms with Crippen LogP contribution < -0.4 is 19.1 Å². The van der Waals surface area contributed by atoms with Gasteiger partial charge in [-0.15, -0.1) is 0 Å². The van der Waals surface area contributed by atoms with Crippen molar-refractivity contribution in [3.63, 3.8) is 0 Å². The van der Waals surface area contributed by atoms with Gasteiger partial charge in [0, 0.05) is 30.5 Å². The maximum atomic E-state index is 14.0. The largest absolute Gasteiger partial charge is 0.493 e. The van der Waals surface area contributed by atoms with Gasteiger partial charge in [0.25, 0.3) is 0 Å². The van der Waals surface area contributed by atoms with Crippen molar-refractivity contribution in [3.8, 4) is 23.3 Å². The molecule has 2 unspecified atom stereocenters. The molecule has 0 saturated carbocycles. The van der Waals surface area contributed by atoms with E-state index in [1.807, 2.05) is 0 Å². The number of carbonyl (C=O) groups is 2. The molecule has 0 spiro atoms. The van der Waals surface area contributed by atoms with E-state index >= 15 is 0 Å². The summed E-state index contributed by atoms with van der Waals surface area (Å²) in [6, 6.07) is 14.0. The number of fused-ring (bicyclic) bond motifs is 7. The van der Waals surface area contributed by atoms with Crippen LogP contribution in [0.3, 0.4) is 0 Å². The molecule has 3 saturated heterocycles. The Balaban J connectivity index is 1.21. The number of aromatic nitrogens is 1. The van der Waals surface area contributed by atoms with E-state index in [1.165, 1.54) is 4.90 Å². The third-order valence-electron chi connectivity index (χ3n) is 8.36. The highest BCUT2D eigenvalue weighted by Crippen LogP contribution is 2.62. The van der Waals surface area contributed by atoms with Gasteiger partial charge >= 0.3 is 0 Å². The molecule has 3 aromatic rings. The summed E-state index contributed by atoms with van der Waals surface area (Å²) < 4.78 is 23.1. The number of pyridine rings is 1. The molecular weight excluding hydrogens is 490 g/mol. The van der Waals surface area contributed by atoms with Crippen LogP contribution in [0.15, 0.2) is 48.7 Å². The second-order valence-corrected chi connectivity index (χ2v) is 10.3. The number of nitriles is 1. The first-order valence-corrected chi connectivity index (χ1v) is 12.4. The Bertz CT molecular complexity index is 1570. The lowest BCUT2D eigenvalue weighted by molar-refractivity contribution is -0.134. The van der Waals surface area contributed by atoms with E-state index in [1.54, 1.807) is 55.6 Å². The molecule has 1 N–H and O–H groups in total. The van der Waals surface area contributed by atoms with Crippen LogP contribution >= 0.6 is 0 Å². The van der Waals surface area contributed by atoms with E-state index in [4.69, 9.17) is 18.9 Å². The van der Waals surface area contributed by atoms with Gasteiger partial charge in [0.1, 0.15) is 17.4 Å². The van der Waals surface area contributed by atoms with E-state index in [2.05, 4.69) is 11.1 Å². The average Bonchev–Trinajstić information content (AvgIpc) is 3.62. The molecule has 2 bridgehead atoms.